The molecule has 0 aliphatic carbocycles. The van der Waals surface area contributed by atoms with Gasteiger partial charge in [0.2, 0.25) is 0 Å². The van der Waals surface area contributed by atoms with Gasteiger partial charge < -0.3 is 19.7 Å². The van der Waals surface area contributed by atoms with Gasteiger partial charge in [0.1, 0.15) is 5.60 Å². The molecule has 2 rings (SSSR count). The van der Waals surface area contributed by atoms with Crippen LogP contribution >= 0.6 is 0 Å². The average Bonchev–Trinajstić information content (AvgIpc) is 2.38. The number of nitrogens with zero attached hydrogens (tertiary/aromatic N) is 1. The van der Waals surface area contributed by atoms with Gasteiger partial charge in [-0.1, -0.05) is 0 Å². The lowest BCUT2D eigenvalue weighted by Crippen LogP contribution is -2.55. The zero-order valence-corrected chi connectivity index (χ0v) is 12.3. The van der Waals surface area contributed by atoms with Gasteiger partial charge in [0.15, 0.2) is 0 Å². The Hall–Kier alpha value is -0.810. The fourth-order valence-electron chi connectivity index (χ4n) is 2.77. The van der Waals surface area contributed by atoms with Crippen LogP contribution in [0.15, 0.2) is 0 Å². The van der Waals surface area contributed by atoms with Gasteiger partial charge >= 0.3 is 6.09 Å². The van der Waals surface area contributed by atoms with Gasteiger partial charge in [-0.15, -0.1) is 0 Å². The first-order chi connectivity index (χ1) is 8.97. The Morgan fingerprint density at radius 1 is 1.42 bits per heavy atom. The van der Waals surface area contributed by atoms with Gasteiger partial charge in [-0.2, -0.15) is 0 Å². The second kappa shape index (κ2) is 6.09. The summed E-state index contributed by atoms with van der Waals surface area (Å²) in [5, 5.41) is 3.41. The van der Waals surface area contributed by atoms with Crippen LogP contribution in [0.4, 0.5) is 4.79 Å². The van der Waals surface area contributed by atoms with Crippen LogP contribution in [0.2, 0.25) is 0 Å². The molecule has 0 radical (unpaired) electrons. The number of hydrogen-bond acceptors (Lipinski definition) is 4. The minimum absolute atomic E-state index is 0.149. The average molecular weight is 270 g/mol. The summed E-state index contributed by atoms with van der Waals surface area (Å²) >= 11 is 0. The highest BCUT2D eigenvalue weighted by molar-refractivity contribution is 5.68. The summed E-state index contributed by atoms with van der Waals surface area (Å²) in [6.45, 7) is 9.63. The van der Waals surface area contributed by atoms with Crippen molar-refractivity contribution in [3.63, 3.8) is 0 Å². The fourth-order valence-corrected chi connectivity index (χ4v) is 2.77. The van der Waals surface area contributed by atoms with Gasteiger partial charge in [0.25, 0.3) is 0 Å². The summed E-state index contributed by atoms with van der Waals surface area (Å²) in [6.07, 6.45) is 2.12. The van der Waals surface area contributed by atoms with Crippen molar-refractivity contribution in [3.8, 4) is 0 Å². The van der Waals surface area contributed by atoms with E-state index in [1.165, 1.54) is 6.42 Å². The minimum atomic E-state index is -0.440. The number of hydrogen-bond donors (Lipinski definition) is 1. The van der Waals surface area contributed by atoms with E-state index in [0.717, 1.165) is 19.5 Å². The highest BCUT2D eigenvalue weighted by Crippen LogP contribution is 2.24. The molecule has 0 aromatic carbocycles. The Labute approximate surface area is 115 Å². The monoisotopic (exact) mass is 270 g/mol. The van der Waals surface area contributed by atoms with Gasteiger partial charge in [0, 0.05) is 13.1 Å². The Bertz CT molecular complexity index is 308. The molecule has 110 valence electrons. The predicted octanol–water partition coefficient (Wildman–Crippen LogP) is 1.62. The molecule has 0 aromatic heterocycles. The van der Waals surface area contributed by atoms with Crippen LogP contribution in [0.5, 0.6) is 0 Å². The van der Waals surface area contributed by atoms with Crippen molar-refractivity contribution >= 4 is 6.09 Å². The van der Waals surface area contributed by atoms with E-state index in [2.05, 4.69) is 5.32 Å². The summed E-state index contributed by atoms with van der Waals surface area (Å²) in [5.74, 6) is 0.474. The van der Waals surface area contributed by atoms with Crippen LogP contribution in [0.25, 0.3) is 0 Å². The summed E-state index contributed by atoms with van der Waals surface area (Å²) in [7, 11) is 0. The number of piperidine rings is 1. The van der Waals surface area contributed by atoms with E-state index in [9.17, 15) is 4.79 Å². The summed E-state index contributed by atoms with van der Waals surface area (Å²) in [4.78, 5) is 14.2. The quantitative estimate of drug-likeness (QED) is 0.786. The number of nitrogens with one attached hydrogen (secondary N) is 1. The van der Waals surface area contributed by atoms with Crippen molar-refractivity contribution in [2.24, 2.45) is 5.92 Å². The highest BCUT2D eigenvalue weighted by atomic mass is 16.6. The second-order valence-corrected chi connectivity index (χ2v) is 6.42. The normalized spacial score (nSPS) is 29.1. The van der Waals surface area contributed by atoms with E-state index in [-0.39, 0.29) is 12.1 Å². The maximum absolute atomic E-state index is 12.3. The summed E-state index contributed by atoms with van der Waals surface area (Å²) < 4.78 is 11.1. The fraction of sp³-hybridized carbons (Fsp3) is 0.929. The van der Waals surface area contributed by atoms with Crippen molar-refractivity contribution in [1.29, 1.82) is 0 Å². The Kier molecular flexibility index (Phi) is 4.68. The Morgan fingerprint density at radius 2 is 2.21 bits per heavy atom. The smallest absolute Gasteiger partial charge is 0.410 e. The molecule has 0 bridgehead atoms. The van der Waals surface area contributed by atoms with Crippen LogP contribution < -0.4 is 5.32 Å². The molecule has 1 N–H and O–H groups in total. The molecule has 0 saturated carbocycles. The van der Waals surface area contributed by atoms with Crippen molar-refractivity contribution in [3.05, 3.63) is 0 Å². The molecule has 5 heteroatoms. The molecule has 5 nitrogen and oxygen atoms in total. The molecule has 2 aliphatic heterocycles. The molecule has 19 heavy (non-hydrogen) atoms. The van der Waals surface area contributed by atoms with E-state index in [4.69, 9.17) is 9.47 Å². The lowest BCUT2D eigenvalue weighted by Gasteiger charge is -2.41. The van der Waals surface area contributed by atoms with Crippen LogP contribution in [0, 0.1) is 5.92 Å². The molecule has 2 fully saturated rings. The van der Waals surface area contributed by atoms with Crippen LogP contribution in [-0.2, 0) is 9.47 Å². The van der Waals surface area contributed by atoms with E-state index >= 15 is 0 Å². The van der Waals surface area contributed by atoms with E-state index in [0.29, 0.717) is 25.7 Å². The van der Waals surface area contributed by atoms with E-state index < -0.39 is 5.60 Å². The summed E-state index contributed by atoms with van der Waals surface area (Å²) in [5.41, 5.74) is -0.440. The molecule has 2 atom stereocenters. The number of rotatable bonds is 1. The molecular weight excluding hydrogens is 244 g/mol. The number of ether oxygens (including phenoxy) is 2. The molecule has 0 aromatic rings. The van der Waals surface area contributed by atoms with E-state index in [1.54, 1.807) is 0 Å². The maximum Gasteiger partial charge on any atom is 0.410 e. The number of morpholine rings is 1. The molecule has 2 unspecified atom stereocenters. The minimum Gasteiger partial charge on any atom is -0.444 e. The van der Waals surface area contributed by atoms with Crippen LogP contribution in [0.3, 0.4) is 0 Å². The van der Waals surface area contributed by atoms with Gasteiger partial charge in [-0.05, 0) is 46.1 Å². The zero-order valence-electron chi connectivity index (χ0n) is 12.3. The van der Waals surface area contributed by atoms with Crippen molar-refractivity contribution in [2.75, 3.05) is 32.8 Å². The maximum atomic E-state index is 12.3. The molecular formula is C14H26N2O3. The first kappa shape index (κ1) is 14.6. The number of amides is 1. The van der Waals surface area contributed by atoms with Gasteiger partial charge in [0.05, 0.1) is 19.3 Å². The van der Waals surface area contributed by atoms with Crippen LogP contribution in [-0.4, -0.2) is 55.5 Å². The lowest BCUT2D eigenvalue weighted by atomic mass is 9.90. The lowest BCUT2D eigenvalue weighted by molar-refractivity contribution is -0.0490. The Morgan fingerprint density at radius 3 is 2.84 bits per heavy atom. The first-order valence-electron chi connectivity index (χ1n) is 7.25. The van der Waals surface area contributed by atoms with E-state index in [1.807, 2.05) is 25.7 Å². The molecule has 2 saturated heterocycles. The third-order valence-electron chi connectivity index (χ3n) is 3.67. The largest absolute Gasteiger partial charge is 0.444 e. The van der Waals surface area contributed by atoms with Gasteiger partial charge in [-0.25, -0.2) is 4.79 Å². The van der Waals surface area contributed by atoms with Crippen molar-refractivity contribution in [2.45, 2.75) is 45.3 Å². The SMILES string of the molecule is CC(C)(C)OC(=O)N1CCOCC1C1CCCNC1. The zero-order chi connectivity index (χ0) is 13.9. The molecule has 2 heterocycles. The number of carbonyl (C=O) groups excluding carboxylic acids is 1. The topological polar surface area (TPSA) is 50.8 Å². The third kappa shape index (κ3) is 4.08. The van der Waals surface area contributed by atoms with Crippen molar-refractivity contribution in [1.82, 2.24) is 10.2 Å². The Balaban J connectivity index is 2.00. The number of carbonyl (C=O) groups is 1. The molecule has 0 spiro atoms. The van der Waals surface area contributed by atoms with Crippen molar-refractivity contribution < 1.29 is 14.3 Å². The molecule has 2 aliphatic rings. The van der Waals surface area contributed by atoms with Crippen LogP contribution in [0.1, 0.15) is 33.6 Å². The summed E-state index contributed by atoms with van der Waals surface area (Å²) in [6, 6.07) is 0.149. The van der Waals surface area contributed by atoms with Gasteiger partial charge in [-0.3, -0.25) is 0 Å². The molecule has 1 amide bonds. The highest BCUT2D eigenvalue weighted by Gasteiger charge is 2.36. The first-order valence-corrected chi connectivity index (χ1v) is 7.25. The second-order valence-electron chi connectivity index (χ2n) is 6.42. The standard InChI is InChI=1S/C14H26N2O3/c1-14(2,3)19-13(17)16-7-8-18-10-12(16)11-5-4-6-15-9-11/h11-12,15H,4-10H2,1-3H3. The predicted molar refractivity (Wildman–Crippen MR) is 73.1 cm³/mol. The third-order valence-corrected chi connectivity index (χ3v) is 3.67.